The molecule has 0 unspecified atom stereocenters. The van der Waals surface area contributed by atoms with Gasteiger partial charge in [0.05, 0.1) is 7.11 Å². The van der Waals surface area contributed by atoms with Crippen LogP contribution in [0, 0.1) is 0 Å². The van der Waals surface area contributed by atoms with Crippen LogP contribution in [0.15, 0.2) is 18.2 Å². The molecule has 28 heavy (non-hydrogen) atoms. The largest absolute Gasteiger partial charge is 0.496 e. The highest BCUT2D eigenvalue weighted by Crippen LogP contribution is 2.30. The Labute approximate surface area is 184 Å². The first-order chi connectivity index (χ1) is 13.8. The van der Waals surface area contributed by atoms with E-state index in [2.05, 4.69) is 55.6 Å². The average molecular weight is 425 g/mol. The van der Waals surface area contributed by atoms with Gasteiger partial charge in [-0.15, -0.1) is 0 Å². The Bertz CT molecular complexity index is 476. The molecule has 0 saturated carbocycles. The van der Waals surface area contributed by atoms with Gasteiger partial charge in [-0.1, -0.05) is 90.2 Å². The highest BCUT2D eigenvalue weighted by molar-refractivity contribution is 7.98. The molecule has 0 fully saturated rings. The third-order valence-corrected chi connectivity index (χ3v) is 7.40. The molecule has 0 amide bonds. The predicted molar refractivity (Wildman–Crippen MR) is 132 cm³/mol. The minimum Gasteiger partial charge on any atom is -0.496 e. The van der Waals surface area contributed by atoms with Crippen LogP contribution < -0.4 is 4.74 Å². The SMILES string of the molecule is CCCCCCCCSCc1cccc(OC)c1CSCCCCCCCC. The number of unbranched alkanes of at least 4 members (excludes halogenated alkanes) is 10. The van der Waals surface area contributed by atoms with E-state index in [4.69, 9.17) is 4.74 Å². The Hall–Kier alpha value is -0.280. The number of hydrogen-bond donors (Lipinski definition) is 0. The summed E-state index contributed by atoms with van der Waals surface area (Å²) in [5.74, 6) is 5.85. The molecule has 0 aliphatic heterocycles. The van der Waals surface area contributed by atoms with E-state index >= 15 is 0 Å². The molecule has 3 heteroatoms. The fourth-order valence-corrected chi connectivity index (χ4v) is 5.55. The van der Waals surface area contributed by atoms with Gasteiger partial charge in [-0.3, -0.25) is 0 Å². The molecule has 0 bridgehead atoms. The van der Waals surface area contributed by atoms with Crippen LogP contribution in [0.2, 0.25) is 0 Å². The van der Waals surface area contributed by atoms with Crippen molar-refractivity contribution in [2.24, 2.45) is 0 Å². The highest BCUT2D eigenvalue weighted by atomic mass is 32.2. The number of ether oxygens (including phenoxy) is 1. The molecule has 1 aromatic rings. The zero-order valence-electron chi connectivity index (χ0n) is 18.8. The molecule has 0 atom stereocenters. The van der Waals surface area contributed by atoms with E-state index in [-0.39, 0.29) is 0 Å². The van der Waals surface area contributed by atoms with E-state index < -0.39 is 0 Å². The molecule has 0 aliphatic rings. The van der Waals surface area contributed by atoms with Gasteiger partial charge >= 0.3 is 0 Å². The third kappa shape index (κ3) is 12.3. The topological polar surface area (TPSA) is 9.23 Å². The van der Waals surface area contributed by atoms with Gasteiger partial charge in [0.25, 0.3) is 0 Å². The second-order valence-electron chi connectivity index (χ2n) is 7.74. The molecule has 0 N–H and O–H groups in total. The minimum atomic E-state index is 1.08. The Balaban J connectivity index is 2.29. The summed E-state index contributed by atoms with van der Waals surface area (Å²) in [6, 6.07) is 6.58. The fraction of sp³-hybridized carbons (Fsp3) is 0.760. The molecule has 0 saturated heterocycles. The van der Waals surface area contributed by atoms with Crippen molar-refractivity contribution >= 4 is 23.5 Å². The molecule has 1 nitrogen and oxygen atoms in total. The number of rotatable bonds is 19. The molecular weight excluding hydrogens is 380 g/mol. The van der Waals surface area contributed by atoms with E-state index in [0.29, 0.717) is 0 Å². The van der Waals surface area contributed by atoms with E-state index in [1.807, 2.05) is 7.11 Å². The maximum absolute atomic E-state index is 5.67. The van der Waals surface area contributed by atoms with Gasteiger partial charge in [-0.05, 0) is 36.0 Å². The monoisotopic (exact) mass is 424 g/mol. The van der Waals surface area contributed by atoms with Crippen LogP contribution in [0.1, 0.15) is 102 Å². The lowest BCUT2D eigenvalue weighted by atomic mass is 10.1. The quantitative estimate of drug-likeness (QED) is 0.205. The van der Waals surface area contributed by atoms with Crippen LogP contribution in [0.3, 0.4) is 0 Å². The molecule has 1 rings (SSSR count). The molecule has 1 aromatic carbocycles. The summed E-state index contributed by atoms with van der Waals surface area (Å²) < 4.78 is 5.67. The lowest BCUT2D eigenvalue weighted by molar-refractivity contribution is 0.411. The van der Waals surface area contributed by atoms with Gasteiger partial charge < -0.3 is 4.74 Å². The summed E-state index contributed by atoms with van der Waals surface area (Å²) in [7, 11) is 1.81. The first-order valence-electron chi connectivity index (χ1n) is 11.6. The van der Waals surface area contributed by atoms with Crippen LogP contribution in [-0.2, 0) is 11.5 Å². The Morgan fingerprint density at radius 3 is 1.79 bits per heavy atom. The summed E-state index contributed by atoms with van der Waals surface area (Å²) in [5, 5.41) is 0. The summed E-state index contributed by atoms with van der Waals surface area (Å²) in [4.78, 5) is 0. The normalized spacial score (nSPS) is 11.1. The van der Waals surface area contributed by atoms with Crippen LogP contribution in [0.25, 0.3) is 0 Å². The van der Waals surface area contributed by atoms with E-state index in [1.165, 1.54) is 99.7 Å². The van der Waals surface area contributed by atoms with Gasteiger partial charge in [-0.25, -0.2) is 0 Å². The van der Waals surface area contributed by atoms with Crippen LogP contribution in [0.4, 0.5) is 0 Å². The van der Waals surface area contributed by atoms with Crippen molar-refractivity contribution in [2.75, 3.05) is 18.6 Å². The second-order valence-corrected chi connectivity index (χ2v) is 9.95. The lowest BCUT2D eigenvalue weighted by Crippen LogP contribution is -1.97. The van der Waals surface area contributed by atoms with Crippen molar-refractivity contribution in [3.8, 4) is 5.75 Å². The van der Waals surface area contributed by atoms with Crippen LogP contribution in [0.5, 0.6) is 5.75 Å². The highest BCUT2D eigenvalue weighted by Gasteiger charge is 2.09. The van der Waals surface area contributed by atoms with Crippen molar-refractivity contribution in [2.45, 2.75) is 102 Å². The zero-order chi connectivity index (χ0) is 20.3. The second kappa shape index (κ2) is 18.7. The van der Waals surface area contributed by atoms with Gasteiger partial charge in [0, 0.05) is 17.1 Å². The predicted octanol–water partition coefficient (Wildman–Crippen LogP) is 8.88. The molecule has 0 spiro atoms. The summed E-state index contributed by atoms with van der Waals surface area (Å²) in [5.41, 5.74) is 2.90. The molecular formula is C25H44OS2. The van der Waals surface area contributed by atoms with Crippen molar-refractivity contribution in [3.05, 3.63) is 29.3 Å². The fourth-order valence-electron chi connectivity index (χ4n) is 3.43. The van der Waals surface area contributed by atoms with Crippen LogP contribution >= 0.6 is 23.5 Å². The number of benzene rings is 1. The number of thioether (sulfide) groups is 2. The first-order valence-corrected chi connectivity index (χ1v) is 13.9. The zero-order valence-corrected chi connectivity index (χ0v) is 20.4. The van der Waals surface area contributed by atoms with Gasteiger partial charge in [0.2, 0.25) is 0 Å². The molecule has 0 aliphatic carbocycles. The van der Waals surface area contributed by atoms with Crippen molar-refractivity contribution in [1.29, 1.82) is 0 Å². The van der Waals surface area contributed by atoms with Crippen molar-refractivity contribution < 1.29 is 4.74 Å². The third-order valence-electron chi connectivity index (χ3n) is 5.24. The first kappa shape index (κ1) is 25.8. The maximum atomic E-state index is 5.67. The van der Waals surface area contributed by atoms with Gasteiger partial charge in [0.1, 0.15) is 5.75 Å². The summed E-state index contributed by atoms with van der Waals surface area (Å²) >= 11 is 4.17. The van der Waals surface area contributed by atoms with Crippen LogP contribution in [-0.4, -0.2) is 18.6 Å². The minimum absolute atomic E-state index is 1.08. The summed E-state index contributed by atoms with van der Waals surface area (Å²) in [6.45, 7) is 4.57. The van der Waals surface area contributed by atoms with Crippen molar-refractivity contribution in [3.63, 3.8) is 0 Å². The maximum Gasteiger partial charge on any atom is 0.123 e. The smallest absolute Gasteiger partial charge is 0.123 e. The average Bonchev–Trinajstić information content (AvgIpc) is 2.72. The standard InChI is InChI=1S/C25H44OS2/c1-4-6-8-10-12-14-19-27-21-23-17-16-18-25(26-3)24(23)22-28-20-15-13-11-9-7-5-2/h16-18H,4-15,19-22H2,1-3H3. The Kier molecular flexibility index (Phi) is 17.2. The van der Waals surface area contributed by atoms with E-state index in [0.717, 1.165) is 17.3 Å². The number of methoxy groups -OCH3 is 1. The van der Waals surface area contributed by atoms with Gasteiger partial charge in [-0.2, -0.15) is 23.5 Å². The van der Waals surface area contributed by atoms with E-state index in [9.17, 15) is 0 Å². The number of hydrogen-bond acceptors (Lipinski definition) is 3. The molecule has 0 radical (unpaired) electrons. The van der Waals surface area contributed by atoms with Gasteiger partial charge in [0.15, 0.2) is 0 Å². The molecule has 0 aromatic heterocycles. The van der Waals surface area contributed by atoms with Crippen molar-refractivity contribution in [1.82, 2.24) is 0 Å². The molecule has 0 heterocycles. The summed E-state index contributed by atoms with van der Waals surface area (Å²) in [6.07, 6.45) is 16.6. The van der Waals surface area contributed by atoms with E-state index in [1.54, 1.807) is 0 Å². The Morgan fingerprint density at radius 1 is 0.679 bits per heavy atom. The molecule has 162 valence electrons. The lowest BCUT2D eigenvalue weighted by Gasteiger charge is -2.14. The Morgan fingerprint density at radius 2 is 1.21 bits per heavy atom.